The van der Waals surface area contributed by atoms with E-state index in [0.29, 0.717) is 0 Å². The van der Waals surface area contributed by atoms with E-state index in [1.165, 1.54) is 6.07 Å². The van der Waals surface area contributed by atoms with Crippen LogP contribution in [0.4, 0.5) is 10.1 Å². The van der Waals surface area contributed by atoms with Gasteiger partial charge in [-0.25, -0.2) is 9.18 Å². The summed E-state index contributed by atoms with van der Waals surface area (Å²) in [5.41, 5.74) is 1.72. The first-order chi connectivity index (χ1) is 9.95. The van der Waals surface area contributed by atoms with Crippen molar-refractivity contribution in [1.29, 1.82) is 0 Å². The van der Waals surface area contributed by atoms with E-state index in [2.05, 4.69) is 5.32 Å². The number of hydrogen-bond donors (Lipinski definition) is 2. The number of anilines is 1. The molecule has 2 N–H and O–H groups in total. The van der Waals surface area contributed by atoms with Gasteiger partial charge in [0.2, 0.25) is 5.91 Å². The smallest absolute Gasteiger partial charge is 0.338 e. The van der Waals surface area contributed by atoms with E-state index in [1.807, 2.05) is 31.2 Å². The number of hydrogen-bond acceptors (Lipinski definition) is 2. The molecule has 0 atom stereocenters. The van der Waals surface area contributed by atoms with Crippen molar-refractivity contribution >= 4 is 17.6 Å². The van der Waals surface area contributed by atoms with Gasteiger partial charge >= 0.3 is 5.97 Å². The second kappa shape index (κ2) is 6.17. The molecule has 0 heterocycles. The Morgan fingerprint density at radius 3 is 2.57 bits per heavy atom. The monoisotopic (exact) mass is 287 g/mol. The summed E-state index contributed by atoms with van der Waals surface area (Å²) < 4.78 is 13.5. The maximum absolute atomic E-state index is 13.5. The number of benzene rings is 2. The van der Waals surface area contributed by atoms with Crippen LogP contribution in [0, 0.1) is 12.7 Å². The van der Waals surface area contributed by atoms with E-state index in [4.69, 9.17) is 5.11 Å². The molecule has 0 bridgehead atoms. The Labute approximate surface area is 121 Å². The standard InChI is InChI=1S/C16H14FNO3/c1-10-3-2-4-11(7-10)8-15(19)18-12-5-6-13(16(20)21)14(17)9-12/h2-7,9H,8H2,1H3,(H,18,19)(H,20,21). The van der Waals surface area contributed by atoms with E-state index < -0.39 is 17.3 Å². The fourth-order valence-corrected chi connectivity index (χ4v) is 1.98. The number of carbonyl (C=O) groups is 2. The zero-order chi connectivity index (χ0) is 15.4. The van der Waals surface area contributed by atoms with Crippen molar-refractivity contribution in [2.24, 2.45) is 0 Å². The highest BCUT2D eigenvalue weighted by Gasteiger charge is 2.11. The molecule has 1 amide bonds. The van der Waals surface area contributed by atoms with Gasteiger partial charge in [-0.15, -0.1) is 0 Å². The lowest BCUT2D eigenvalue weighted by Crippen LogP contribution is -2.15. The van der Waals surface area contributed by atoms with Gasteiger partial charge in [-0.2, -0.15) is 0 Å². The van der Waals surface area contributed by atoms with Gasteiger partial charge < -0.3 is 10.4 Å². The SMILES string of the molecule is Cc1cccc(CC(=O)Nc2ccc(C(=O)O)c(F)c2)c1. The lowest BCUT2D eigenvalue weighted by molar-refractivity contribution is -0.115. The molecule has 0 saturated heterocycles. The molecular formula is C16H14FNO3. The van der Waals surface area contributed by atoms with E-state index in [-0.39, 0.29) is 18.0 Å². The minimum Gasteiger partial charge on any atom is -0.478 e. The summed E-state index contributed by atoms with van der Waals surface area (Å²) in [6, 6.07) is 11.0. The molecule has 5 heteroatoms. The molecule has 0 spiro atoms. The summed E-state index contributed by atoms with van der Waals surface area (Å²) in [7, 11) is 0. The Hall–Kier alpha value is -2.69. The molecule has 21 heavy (non-hydrogen) atoms. The van der Waals surface area contributed by atoms with Crippen LogP contribution in [0.2, 0.25) is 0 Å². The molecule has 4 nitrogen and oxygen atoms in total. The number of halogens is 1. The lowest BCUT2D eigenvalue weighted by Gasteiger charge is -2.07. The van der Waals surface area contributed by atoms with Crippen molar-refractivity contribution in [3.8, 4) is 0 Å². The highest BCUT2D eigenvalue weighted by Crippen LogP contribution is 2.15. The van der Waals surface area contributed by atoms with Crippen LogP contribution in [0.25, 0.3) is 0 Å². The molecule has 0 fully saturated rings. The average Bonchev–Trinajstić information content (AvgIpc) is 2.38. The third kappa shape index (κ3) is 3.89. The summed E-state index contributed by atoms with van der Waals surface area (Å²) >= 11 is 0. The Morgan fingerprint density at radius 2 is 1.95 bits per heavy atom. The van der Waals surface area contributed by atoms with Crippen molar-refractivity contribution in [3.63, 3.8) is 0 Å². The van der Waals surface area contributed by atoms with Crippen molar-refractivity contribution in [2.45, 2.75) is 13.3 Å². The molecule has 2 aromatic carbocycles. The number of nitrogens with one attached hydrogen (secondary N) is 1. The van der Waals surface area contributed by atoms with Gasteiger partial charge in [-0.1, -0.05) is 29.8 Å². The molecule has 2 rings (SSSR count). The van der Waals surface area contributed by atoms with Gasteiger partial charge in [-0.3, -0.25) is 4.79 Å². The topological polar surface area (TPSA) is 66.4 Å². The molecular weight excluding hydrogens is 273 g/mol. The number of carbonyl (C=O) groups excluding carboxylic acids is 1. The van der Waals surface area contributed by atoms with Crippen LogP contribution in [-0.4, -0.2) is 17.0 Å². The molecule has 108 valence electrons. The summed E-state index contributed by atoms with van der Waals surface area (Å²) in [6.45, 7) is 1.93. The van der Waals surface area contributed by atoms with Crippen LogP contribution >= 0.6 is 0 Å². The van der Waals surface area contributed by atoms with E-state index >= 15 is 0 Å². The Balaban J connectivity index is 2.06. The van der Waals surface area contributed by atoms with Gasteiger partial charge in [-0.05, 0) is 30.7 Å². The normalized spacial score (nSPS) is 10.2. The predicted octanol–water partition coefficient (Wildman–Crippen LogP) is 3.01. The van der Waals surface area contributed by atoms with E-state index in [9.17, 15) is 14.0 Å². The number of carboxylic acids is 1. The van der Waals surface area contributed by atoms with Crippen molar-refractivity contribution in [2.75, 3.05) is 5.32 Å². The zero-order valence-electron chi connectivity index (χ0n) is 11.4. The van der Waals surface area contributed by atoms with Crippen LogP contribution in [0.5, 0.6) is 0 Å². The molecule has 0 saturated carbocycles. The summed E-state index contributed by atoms with van der Waals surface area (Å²) in [5, 5.41) is 11.3. The Bertz CT molecular complexity index is 698. The maximum atomic E-state index is 13.5. The Kier molecular flexibility index (Phi) is 4.33. The molecule has 0 aliphatic carbocycles. The number of aryl methyl sites for hydroxylation is 1. The fourth-order valence-electron chi connectivity index (χ4n) is 1.98. The predicted molar refractivity (Wildman–Crippen MR) is 76.9 cm³/mol. The van der Waals surface area contributed by atoms with Gasteiger partial charge in [0, 0.05) is 5.69 Å². The number of carboxylic acid groups (broad SMARTS) is 1. The van der Waals surface area contributed by atoms with E-state index in [0.717, 1.165) is 23.3 Å². The van der Waals surface area contributed by atoms with Crippen LogP contribution < -0.4 is 5.32 Å². The largest absolute Gasteiger partial charge is 0.478 e. The Morgan fingerprint density at radius 1 is 1.19 bits per heavy atom. The lowest BCUT2D eigenvalue weighted by atomic mass is 10.1. The van der Waals surface area contributed by atoms with Crippen LogP contribution in [-0.2, 0) is 11.2 Å². The van der Waals surface area contributed by atoms with Gasteiger partial charge in [0.1, 0.15) is 5.82 Å². The van der Waals surface area contributed by atoms with Crippen molar-refractivity contribution in [3.05, 3.63) is 65.0 Å². The van der Waals surface area contributed by atoms with E-state index in [1.54, 1.807) is 0 Å². The van der Waals surface area contributed by atoms with Gasteiger partial charge in [0.05, 0.1) is 12.0 Å². The molecule has 2 aromatic rings. The third-order valence-electron chi connectivity index (χ3n) is 2.93. The molecule has 0 unspecified atom stereocenters. The van der Waals surface area contributed by atoms with Crippen LogP contribution in [0.15, 0.2) is 42.5 Å². The summed E-state index contributed by atoms with van der Waals surface area (Å²) in [6.07, 6.45) is 0.171. The second-order valence-corrected chi connectivity index (χ2v) is 4.71. The minimum absolute atomic E-state index is 0.171. The third-order valence-corrected chi connectivity index (χ3v) is 2.93. The first-order valence-corrected chi connectivity index (χ1v) is 6.34. The molecule has 0 aliphatic rings. The highest BCUT2D eigenvalue weighted by atomic mass is 19.1. The molecule has 0 aromatic heterocycles. The fraction of sp³-hybridized carbons (Fsp3) is 0.125. The van der Waals surface area contributed by atoms with Crippen LogP contribution in [0.1, 0.15) is 21.5 Å². The highest BCUT2D eigenvalue weighted by molar-refractivity contribution is 5.93. The maximum Gasteiger partial charge on any atom is 0.338 e. The summed E-state index contributed by atoms with van der Waals surface area (Å²) in [5.74, 6) is -2.51. The molecule has 0 radical (unpaired) electrons. The number of aromatic carboxylic acids is 1. The van der Waals surface area contributed by atoms with Gasteiger partial charge in [0.15, 0.2) is 0 Å². The zero-order valence-corrected chi connectivity index (χ0v) is 11.4. The summed E-state index contributed by atoms with van der Waals surface area (Å²) in [4.78, 5) is 22.6. The first-order valence-electron chi connectivity index (χ1n) is 6.34. The first kappa shape index (κ1) is 14.7. The quantitative estimate of drug-likeness (QED) is 0.908. The average molecular weight is 287 g/mol. The number of amides is 1. The van der Waals surface area contributed by atoms with Crippen LogP contribution in [0.3, 0.4) is 0 Å². The second-order valence-electron chi connectivity index (χ2n) is 4.71. The van der Waals surface area contributed by atoms with Gasteiger partial charge in [0.25, 0.3) is 0 Å². The van der Waals surface area contributed by atoms with Crippen molar-refractivity contribution in [1.82, 2.24) is 0 Å². The van der Waals surface area contributed by atoms with Crippen molar-refractivity contribution < 1.29 is 19.1 Å². The number of rotatable bonds is 4. The molecule has 0 aliphatic heterocycles. The minimum atomic E-state index is -1.34.